The van der Waals surface area contributed by atoms with Gasteiger partial charge >= 0.3 is 0 Å². The van der Waals surface area contributed by atoms with Crippen molar-refractivity contribution in [1.29, 1.82) is 0 Å². The molecule has 1 aliphatic heterocycles. The highest BCUT2D eigenvalue weighted by molar-refractivity contribution is 6.33. The first kappa shape index (κ1) is 14.6. The first-order chi connectivity index (χ1) is 9.65. The van der Waals surface area contributed by atoms with E-state index in [1.165, 1.54) is 31.2 Å². The SMILES string of the molecule is CN1CCCC(CNC2CC2)C1c1cc(Cl)ccc1Cl. The topological polar surface area (TPSA) is 15.3 Å². The van der Waals surface area contributed by atoms with Gasteiger partial charge in [0, 0.05) is 28.7 Å². The fourth-order valence-corrected chi connectivity index (χ4v) is 3.72. The molecule has 1 N–H and O–H groups in total. The zero-order chi connectivity index (χ0) is 14.1. The Hall–Kier alpha value is -0.280. The van der Waals surface area contributed by atoms with Crippen molar-refractivity contribution in [2.45, 2.75) is 37.8 Å². The van der Waals surface area contributed by atoms with Gasteiger partial charge in [-0.05, 0) is 69.0 Å². The first-order valence-corrected chi connectivity index (χ1v) is 8.29. The van der Waals surface area contributed by atoms with E-state index in [2.05, 4.69) is 17.3 Å². The highest BCUT2D eigenvalue weighted by atomic mass is 35.5. The van der Waals surface area contributed by atoms with E-state index in [-0.39, 0.29) is 0 Å². The molecule has 0 bridgehead atoms. The minimum Gasteiger partial charge on any atom is -0.314 e. The van der Waals surface area contributed by atoms with Gasteiger partial charge in [0.05, 0.1) is 0 Å². The third-order valence-corrected chi connectivity index (χ3v) is 5.11. The van der Waals surface area contributed by atoms with Gasteiger partial charge in [0.2, 0.25) is 0 Å². The van der Waals surface area contributed by atoms with E-state index in [4.69, 9.17) is 23.2 Å². The maximum Gasteiger partial charge on any atom is 0.0455 e. The summed E-state index contributed by atoms with van der Waals surface area (Å²) in [6.07, 6.45) is 5.20. The van der Waals surface area contributed by atoms with E-state index < -0.39 is 0 Å². The largest absolute Gasteiger partial charge is 0.314 e. The van der Waals surface area contributed by atoms with Gasteiger partial charge in [0.1, 0.15) is 0 Å². The second kappa shape index (κ2) is 6.23. The van der Waals surface area contributed by atoms with E-state index in [1.807, 2.05) is 18.2 Å². The average Bonchev–Trinajstić information content (AvgIpc) is 3.24. The summed E-state index contributed by atoms with van der Waals surface area (Å²) in [6, 6.07) is 6.97. The Morgan fingerprint density at radius 3 is 2.80 bits per heavy atom. The van der Waals surface area contributed by atoms with Crippen LogP contribution in [0.1, 0.15) is 37.3 Å². The molecule has 1 heterocycles. The molecular formula is C16H22Cl2N2. The number of rotatable bonds is 4. The lowest BCUT2D eigenvalue weighted by Crippen LogP contribution is -2.41. The molecule has 110 valence electrons. The van der Waals surface area contributed by atoms with Crippen LogP contribution < -0.4 is 5.32 Å². The third kappa shape index (κ3) is 3.30. The molecule has 2 aliphatic rings. The lowest BCUT2D eigenvalue weighted by Gasteiger charge is -2.40. The molecular weight excluding hydrogens is 291 g/mol. The van der Waals surface area contributed by atoms with Gasteiger partial charge in [0.25, 0.3) is 0 Å². The zero-order valence-electron chi connectivity index (χ0n) is 11.9. The average molecular weight is 313 g/mol. The Bertz CT molecular complexity index is 474. The number of likely N-dealkylation sites (tertiary alicyclic amines) is 1. The Morgan fingerprint density at radius 1 is 1.25 bits per heavy atom. The maximum atomic E-state index is 6.43. The Morgan fingerprint density at radius 2 is 2.05 bits per heavy atom. The van der Waals surface area contributed by atoms with Gasteiger partial charge in [-0.3, -0.25) is 4.90 Å². The van der Waals surface area contributed by atoms with Crippen molar-refractivity contribution in [2.75, 3.05) is 20.1 Å². The summed E-state index contributed by atoms with van der Waals surface area (Å²) in [5.41, 5.74) is 1.18. The molecule has 1 saturated carbocycles. The molecule has 2 nitrogen and oxygen atoms in total. The van der Waals surface area contributed by atoms with E-state index in [1.54, 1.807) is 0 Å². The van der Waals surface area contributed by atoms with Gasteiger partial charge in [-0.1, -0.05) is 23.2 Å². The number of halogens is 2. The van der Waals surface area contributed by atoms with E-state index in [0.29, 0.717) is 12.0 Å². The number of hydrogen-bond donors (Lipinski definition) is 1. The summed E-state index contributed by atoms with van der Waals surface area (Å²) in [5.74, 6) is 0.616. The quantitative estimate of drug-likeness (QED) is 0.899. The fraction of sp³-hybridized carbons (Fsp3) is 0.625. The molecule has 0 aromatic heterocycles. The molecule has 0 radical (unpaired) electrons. The van der Waals surface area contributed by atoms with Gasteiger partial charge in [0.15, 0.2) is 0 Å². The predicted octanol–water partition coefficient (Wildman–Crippen LogP) is 4.13. The van der Waals surface area contributed by atoms with Crippen molar-refractivity contribution >= 4 is 23.2 Å². The number of benzene rings is 1. The van der Waals surface area contributed by atoms with Crippen molar-refractivity contribution in [3.63, 3.8) is 0 Å². The summed E-state index contributed by atoms with van der Waals surface area (Å²) in [5, 5.41) is 5.29. The highest BCUT2D eigenvalue weighted by Crippen LogP contribution is 2.39. The molecule has 2 fully saturated rings. The first-order valence-electron chi connectivity index (χ1n) is 7.53. The van der Waals surface area contributed by atoms with Crippen molar-refractivity contribution in [2.24, 2.45) is 5.92 Å². The lowest BCUT2D eigenvalue weighted by atomic mass is 9.85. The van der Waals surface area contributed by atoms with Crippen LogP contribution in [0.4, 0.5) is 0 Å². The van der Waals surface area contributed by atoms with Crippen molar-refractivity contribution < 1.29 is 0 Å². The molecule has 2 unspecified atom stereocenters. The molecule has 20 heavy (non-hydrogen) atoms. The molecule has 2 atom stereocenters. The summed E-state index contributed by atoms with van der Waals surface area (Å²) in [7, 11) is 2.20. The van der Waals surface area contributed by atoms with Crippen LogP contribution in [-0.2, 0) is 0 Å². The van der Waals surface area contributed by atoms with Crippen molar-refractivity contribution in [3.8, 4) is 0 Å². The zero-order valence-corrected chi connectivity index (χ0v) is 13.4. The molecule has 1 aromatic carbocycles. The Labute approximate surface area is 131 Å². The summed E-state index contributed by atoms with van der Waals surface area (Å²) in [4.78, 5) is 2.43. The van der Waals surface area contributed by atoms with Crippen LogP contribution >= 0.6 is 23.2 Å². The molecule has 4 heteroatoms. The molecule has 1 saturated heterocycles. The second-order valence-corrected chi connectivity index (χ2v) is 7.02. The minimum absolute atomic E-state index is 0.376. The van der Waals surface area contributed by atoms with Gasteiger partial charge in [-0.15, -0.1) is 0 Å². The summed E-state index contributed by atoms with van der Waals surface area (Å²) in [6.45, 7) is 2.22. The molecule has 1 aromatic rings. The normalized spacial score (nSPS) is 27.8. The fourth-order valence-electron chi connectivity index (χ4n) is 3.31. The van der Waals surface area contributed by atoms with Crippen molar-refractivity contribution in [3.05, 3.63) is 33.8 Å². The van der Waals surface area contributed by atoms with E-state index in [9.17, 15) is 0 Å². The lowest BCUT2D eigenvalue weighted by molar-refractivity contribution is 0.119. The minimum atomic E-state index is 0.376. The van der Waals surface area contributed by atoms with Crippen LogP contribution in [0.2, 0.25) is 10.0 Å². The number of hydrogen-bond acceptors (Lipinski definition) is 2. The van der Waals surface area contributed by atoms with Crippen LogP contribution in [0.15, 0.2) is 18.2 Å². The van der Waals surface area contributed by atoms with E-state index in [0.717, 1.165) is 29.2 Å². The Kier molecular flexibility index (Phi) is 4.56. The smallest absolute Gasteiger partial charge is 0.0455 e. The highest BCUT2D eigenvalue weighted by Gasteiger charge is 2.33. The number of nitrogens with zero attached hydrogens (tertiary/aromatic N) is 1. The van der Waals surface area contributed by atoms with Crippen LogP contribution in [0.25, 0.3) is 0 Å². The number of piperidine rings is 1. The van der Waals surface area contributed by atoms with Crippen LogP contribution in [0.5, 0.6) is 0 Å². The maximum absolute atomic E-state index is 6.43. The van der Waals surface area contributed by atoms with Gasteiger partial charge < -0.3 is 5.32 Å². The van der Waals surface area contributed by atoms with Crippen LogP contribution in [0, 0.1) is 5.92 Å². The third-order valence-electron chi connectivity index (χ3n) is 4.53. The monoisotopic (exact) mass is 312 g/mol. The predicted molar refractivity (Wildman–Crippen MR) is 85.6 cm³/mol. The molecule has 0 spiro atoms. The van der Waals surface area contributed by atoms with Gasteiger partial charge in [-0.25, -0.2) is 0 Å². The van der Waals surface area contributed by atoms with Crippen molar-refractivity contribution in [1.82, 2.24) is 10.2 Å². The van der Waals surface area contributed by atoms with Crippen LogP contribution in [-0.4, -0.2) is 31.1 Å². The molecule has 0 amide bonds. The molecule has 3 rings (SSSR count). The second-order valence-electron chi connectivity index (χ2n) is 6.18. The van der Waals surface area contributed by atoms with Crippen LogP contribution in [0.3, 0.4) is 0 Å². The number of nitrogens with one attached hydrogen (secondary N) is 1. The molecule has 1 aliphatic carbocycles. The van der Waals surface area contributed by atoms with E-state index >= 15 is 0 Å². The Balaban J connectivity index is 1.82. The summed E-state index contributed by atoms with van der Waals surface area (Å²) >= 11 is 12.6. The summed E-state index contributed by atoms with van der Waals surface area (Å²) < 4.78 is 0. The standard InChI is InChI=1S/C16H22Cl2N2/c1-20-8-2-3-11(10-19-13-5-6-13)16(20)14-9-12(17)4-7-15(14)18/h4,7,9,11,13,16,19H,2-3,5-6,8,10H2,1H3. The van der Waals surface area contributed by atoms with Gasteiger partial charge in [-0.2, -0.15) is 0 Å².